The van der Waals surface area contributed by atoms with Gasteiger partial charge in [-0.2, -0.15) is 22.8 Å². The van der Waals surface area contributed by atoms with Gasteiger partial charge in [0, 0.05) is 33.4 Å². The normalized spacial score (nSPS) is 13.5. The van der Waals surface area contributed by atoms with Crippen LogP contribution >= 0.6 is 0 Å². The first-order valence-corrected chi connectivity index (χ1v) is 15.3. The monoisotopic (exact) mass is 777 g/mol. The van der Waals surface area contributed by atoms with Gasteiger partial charge in [-0.25, -0.2) is 19.2 Å². The number of aliphatic carboxylic acids is 4. The van der Waals surface area contributed by atoms with Crippen LogP contribution in [0.4, 0.5) is 18.0 Å². The molecule has 1 heterocycles. The Morgan fingerprint density at radius 1 is 0.782 bits per heavy atom. The Hall–Kier alpha value is -6.84. The zero-order valence-corrected chi connectivity index (χ0v) is 27.8. The smallest absolute Gasteiger partial charge is 0.480 e. The van der Waals surface area contributed by atoms with E-state index in [0.717, 1.165) is 18.2 Å². The molecule has 1 aromatic heterocycles. The Morgan fingerprint density at radius 2 is 1.36 bits per heavy atom. The Kier molecular flexibility index (Phi) is 12.6. The summed E-state index contributed by atoms with van der Waals surface area (Å²) < 4.78 is 57.7. The second-order valence-corrected chi connectivity index (χ2v) is 11.3. The zero-order chi connectivity index (χ0) is 40.7. The number of hydrogen-bond donors (Lipinski definition) is 5. The van der Waals surface area contributed by atoms with Gasteiger partial charge >= 0.3 is 41.8 Å². The first kappa shape index (κ1) is 40.9. The zero-order valence-electron chi connectivity index (χ0n) is 27.8. The summed E-state index contributed by atoms with van der Waals surface area (Å²) in [6.07, 6.45) is -6.69. The van der Waals surface area contributed by atoms with Gasteiger partial charge < -0.3 is 39.1 Å². The maximum Gasteiger partial charge on any atom is 0.571 e. The minimum atomic E-state index is -4.84. The van der Waals surface area contributed by atoms with Crippen molar-refractivity contribution in [1.82, 2.24) is 0 Å². The standard InChI is InChI=1S/C34H27F3N2O16/c35-34(36,37)20-8-6-18(7-9-20)30(45)28(31(46)47)29(32(48)49)39(38,54-13-17-4-2-1-3-5-17)33(50)53-14-19-10-27(44)55-22-12-24(52-16-26(42)43)23(11-21(19)22)51-15-25(40)41/h1-12,28-29H,13-16,38H2,(H3-,40,41,42,43,46,47,48,49)/p+1/t28?,29-,39?/m0/s1. The highest BCUT2D eigenvalue weighted by atomic mass is 19.4. The fourth-order valence-electron chi connectivity index (χ4n) is 5.02. The maximum atomic E-state index is 13.9. The molecule has 290 valence electrons. The number of halogens is 3. The van der Waals surface area contributed by atoms with E-state index >= 15 is 0 Å². The van der Waals surface area contributed by atoms with Gasteiger partial charge in [-0.05, 0) is 23.8 Å². The number of carboxylic acid groups (broad SMARTS) is 4. The third-order valence-electron chi connectivity index (χ3n) is 7.55. The molecule has 2 unspecified atom stereocenters. The van der Waals surface area contributed by atoms with Crippen LogP contribution in [-0.2, 0) is 48.1 Å². The summed E-state index contributed by atoms with van der Waals surface area (Å²) in [5.41, 5.74) is -3.28. The van der Waals surface area contributed by atoms with Crippen molar-refractivity contribution in [1.29, 1.82) is 0 Å². The summed E-state index contributed by atoms with van der Waals surface area (Å²) in [4.78, 5) is 92.9. The van der Waals surface area contributed by atoms with Gasteiger partial charge in [0.2, 0.25) is 0 Å². The average Bonchev–Trinajstić information content (AvgIpc) is 3.12. The SMILES string of the molecule is N[N+](OCc1ccccc1)(C(=O)OCc1cc(=O)oc2cc(OCC(=O)O)c(OCC(=O)O)cc12)[C@H](C(=O)O)C(C(=O)O)C(=O)c1ccc(C(F)(F)F)cc1. The van der Waals surface area contributed by atoms with Crippen LogP contribution in [0.25, 0.3) is 11.0 Å². The number of carbonyl (C=O) groups excluding carboxylic acids is 2. The van der Waals surface area contributed by atoms with E-state index < -0.39 is 102 Å². The molecule has 3 atom stereocenters. The van der Waals surface area contributed by atoms with Gasteiger partial charge in [0.05, 0.1) is 5.56 Å². The van der Waals surface area contributed by atoms with Gasteiger partial charge in [-0.3, -0.25) is 9.59 Å². The van der Waals surface area contributed by atoms with Crippen molar-refractivity contribution < 1.29 is 90.6 Å². The number of amides is 1. The molecule has 4 rings (SSSR count). The third kappa shape index (κ3) is 9.98. The molecule has 0 fully saturated rings. The fraction of sp³-hybridized carbons (Fsp3) is 0.206. The number of benzene rings is 3. The number of ketones is 1. The van der Waals surface area contributed by atoms with E-state index in [-0.39, 0.29) is 33.6 Å². The summed E-state index contributed by atoms with van der Waals surface area (Å²) >= 11 is 0. The number of hydrogen-bond acceptors (Lipinski definition) is 13. The number of nitrogens with two attached hydrogens (primary N) is 1. The maximum absolute atomic E-state index is 13.9. The second kappa shape index (κ2) is 16.9. The quantitative estimate of drug-likeness (QED) is 0.0196. The van der Waals surface area contributed by atoms with Crippen LogP contribution in [0, 0.1) is 5.92 Å². The Labute approximate surface area is 304 Å². The molecule has 0 bridgehead atoms. The minimum Gasteiger partial charge on any atom is -0.480 e. The van der Waals surface area contributed by atoms with Crippen molar-refractivity contribution in [2.45, 2.75) is 25.4 Å². The number of hydroxylamine groups is 2. The lowest BCUT2D eigenvalue weighted by atomic mass is 9.89. The molecular formula is C34H28F3N2O16+. The van der Waals surface area contributed by atoms with Crippen LogP contribution in [0.1, 0.15) is 27.0 Å². The highest BCUT2D eigenvalue weighted by Gasteiger charge is 2.60. The van der Waals surface area contributed by atoms with E-state index in [1.54, 1.807) is 6.07 Å². The third-order valence-corrected chi connectivity index (χ3v) is 7.55. The molecule has 21 heteroatoms. The predicted molar refractivity (Wildman–Crippen MR) is 173 cm³/mol. The van der Waals surface area contributed by atoms with Gasteiger partial charge in [-0.15, -0.1) is 5.84 Å². The van der Waals surface area contributed by atoms with Gasteiger partial charge in [0.25, 0.3) is 6.04 Å². The number of carbonyl (C=O) groups is 6. The van der Waals surface area contributed by atoms with E-state index in [0.29, 0.717) is 24.3 Å². The van der Waals surface area contributed by atoms with Gasteiger partial charge in [-0.1, -0.05) is 42.5 Å². The molecule has 4 aromatic rings. The Morgan fingerprint density at radius 3 is 1.89 bits per heavy atom. The lowest BCUT2D eigenvalue weighted by Gasteiger charge is -2.33. The van der Waals surface area contributed by atoms with Gasteiger partial charge in [0.15, 0.2) is 36.4 Å². The lowest BCUT2D eigenvalue weighted by Crippen LogP contribution is -2.70. The number of rotatable bonds is 17. The number of ether oxygens (including phenoxy) is 3. The van der Waals surface area contributed by atoms with Crippen molar-refractivity contribution >= 4 is 46.7 Å². The van der Waals surface area contributed by atoms with E-state index in [1.165, 1.54) is 24.3 Å². The average molecular weight is 778 g/mol. The second-order valence-electron chi connectivity index (χ2n) is 11.3. The topological polar surface area (TPSA) is 276 Å². The van der Waals surface area contributed by atoms with Crippen molar-refractivity contribution in [2.75, 3.05) is 13.2 Å². The van der Waals surface area contributed by atoms with E-state index in [9.17, 15) is 56.9 Å². The molecule has 0 aliphatic carbocycles. The Bertz CT molecular complexity index is 2170. The molecule has 55 heavy (non-hydrogen) atoms. The van der Waals surface area contributed by atoms with Crippen molar-refractivity contribution in [3.63, 3.8) is 0 Å². The highest BCUT2D eigenvalue weighted by molar-refractivity contribution is 6.11. The molecule has 1 amide bonds. The molecular weight excluding hydrogens is 749 g/mol. The molecule has 0 aliphatic rings. The summed E-state index contributed by atoms with van der Waals surface area (Å²) in [6.45, 7) is -3.57. The largest absolute Gasteiger partial charge is 0.571 e. The molecule has 0 radical (unpaired) electrons. The van der Waals surface area contributed by atoms with Crippen LogP contribution in [0.15, 0.2) is 82.0 Å². The minimum absolute atomic E-state index is 0.119. The predicted octanol–water partition coefficient (Wildman–Crippen LogP) is 3.23. The van der Waals surface area contributed by atoms with Crippen LogP contribution in [0.5, 0.6) is 11.5 Å². The number of fused-ring (bicyclic) bond motifs is 1. The van der Waals surface area contributed by atoms with Crippen LogP contribution in [0.3, 0.4) is 0 Å². The summed E-state index contributed by atoms with van der Waals surface area (Å²) in [6, 6.07) is 9.56. The van der Waals surface area contributed by atoms with Crippen molar-refractivity contribution in [3.05, 3.63) is 105 Å². The first-order valence-electron chi connectivity index (χ1n) is 15.3. The summed E-state index contributed by atoms with van der Waals surface area (Å²) in [7, 11) is 0. The van der Waals surface area contributed by atoms with Crippen LogP contribution in [0.2, 0.25) is 0 Å². The lowest BCUT2D eigenvalue weighted by molar-refractivity contribution is -1.07. The van der Waals surface area contributed by atoms with E-state index in [2.05, 4.69) is 0 Å². The number of carboxylic acids is 4. The number of Topliss-reactive ketones (excluding diaryl/α,β-unsaturated/α-hetero) is 1. The van der Waals surface area contributed by atoms with E-state index in [4.69, 9.17) is 39.5 Å². The van der Waals surface area contributed by atoms with Crippen molar-refractivity contribution in [2.24, 2.45) is 11.8 Å². The van der Waals surface area contributed by atoms with Gasteiger partial charge in [0.1, 0.15) is 18.8 Å². The highest BCUT2D eigenvalue weighted by Crippen LogP contribution is 2.35. The molecule has 6 N–H and O–H groups in total. The van der Waals surface area contributed by atoms with Crippen LogP contribution < -0.4 is 20.9 Å². The summed E-state index contributed by atoms with van der Waals surface area (Å²) in [5, 5.41) is 38.4. The van der Waals surface area contributed by atoms with E-state index in [1.807, 2.05) is 0 Å². The molecule has 0 saturated carbocycles. The summed E-state index contributed by atoms with van der Waals surface area (Å²) in [5.74, 6) is -6.12. The molecule has 18 nitrogen and oxygen atoms in total. The fourth-order valence-corrected chi connectivity index (χ4v) is 5.02. The number of nitrogens with zero attached hydrogens (tertiary/aromatic N) is 1. The molecule has 0 spiro atoms. The molecule has 0 aliphatic heterocycles. The number of quaternary nitrogens is 1. The van der Waals surface area contributed by atoms with Crippen LogP contribution in [-0.4, -0.2) is 80.2 Å². The number of alkyl halides is 3. The Balaban J connectivity index is 1.77. The molecule has 0 saturated heterocycles. The molecule has 3 aromatic carbocycles. The van der Waals surface area contributed by atoms with Crippen molar-refractivity contribution in [3.8, 4) is 11.5 Å². The first-order chi connectivity index (χ1) is 25.8.